The molecule has 20 heavy (non-hydrogen) atoms. The second kappa shape index (κ2) is 8.28. The molecule has 0 heterocycles. The lowest BCUT2D eigenvalue weighted by Gasteiger charge is -2.17. The third-order valence-corrected chi connectivity index (χ3v) is 2.54. The predicted molar refractivity (Wildman–Crippen MR) is 70.5 cm³/mol. The van der Waals surface area contributed by atoms with Crippen LogP contribution in [0.25, 0.3) is 0 Å². The number of hydrogen-bond acceptors (Lipinski definition) is 3. The molecule has 1 rings (SSSR count). The van der Waals surface area contributed by atoms with E-state index >= 15 is 0 Å². The Morgan fingerprint density at radius 1 is 1.15 bits per heavy atom. The molecule has 8 heteroatoms. The average molecular weight is 317 g/mol. The van der Waals surface area contributed by atoms with Gasteiger partial charge in [0.2, 0.25) is 0 Å². The van der Waals surface area contributed by atoms with Crippen molar-refractivity contribution in [3.63, 3.8) is 0 Å². The first-order valence-electron chi connectivity index (χ1n) is 5.77. The van der Waals surface area contributed by atoms with Gasteiger partial charge in [-0.15, -0.1) is 12.4 Å². The quantitative estimate of drug-likeness (QED) is 0.760. The number of halogens is 5. The Kier molecular flexibility index (Phi) is 7.85. The van der Waals surface area contributed by atoms with Crippen LogP contribution in [0.3, 0.4) is 0 Å². The van der Waals surface area contributed by atoms with E-state index in [0.29, 0.717) is 18.5 Å². The second-order valence-electron chi connectivity index (χ2n) is 4.07. The molecule has 1 atom stereocenters. The summed E-state index contributed by atoms with van der Waals surface area (Å²) in [4.78, 5) is 0. The minimum atomic E-state index is -4.50. The third-order valence-electron chi connectivity index (χ3n) is 2.54. The lowest BCUT2D eigenvalue weighted by atomic mass is 10.0. The van der Waals surface area contributed by atoms with Crippen LogP contribution in [0.1, 0.15) is 24.4 Å². The molecular formula is C12H17ClF4N2O. The summed E-state index contributed by atoms with van der Waals surface area (Å²) in [5, 5.41) is 0. The first kappa shape index (κ1) is 18.9. The highest BCUT2D eigenvalue weighted by molar-refractivity contribution is 5.85. The second-order valence-corrected chi connectivity index (χ2v) is 4.07. The van der Waals surface area contributed by atoms with E-state index in [9.17, 15) is 17.6 Å². The van der Waals surface area contributed by atoms with Crippen LogP contribution >= 0.6 is 12.4 Å². The van der Waals surface area contributed by atoms with Gasteiger partial charge in [0.05, 0.1) is 0 Å². The van der Waals surface area contributed by atoms with E-state index in [1.165, 1.54) is 24.3 Å². The molecule has 0 spiro atoms. The predicted octanol–water partition coefficient (Wildman–Crippen LogP) is 3.08. The number of ether oxygens (including phenoxy) is 1. The van der Waals surface area contributed by atoms with Gasteiger partial charge in [-0.25, -0.2) is 0 Å². The highest BCUT2D eigenvalue weighted by Gasteiger charge is 2.43. The first-order chi connectivity index (χ1) is 8.86. The van der Waals surface area contributed by atoms with Crippen LogP contribution in [0.2, 0.25) is 0 Å². The summed E-state index contributed by atoms with van der Waals surface area (Å²) in [6, 6.07) is 5.05. The van der Waals surface area contributed by atoms with Crippen molar-refractivity contribution < 1.29 is 22.3 Å². The Hall–Kier alpha value is -1.05. The van der Waals surface area contributed by atoms with Gasteiger partial charge < -0.3 is 16.2 Å². The zero-order chi connectivity index (χ0) is 14.5. The minimum absolute atomic E-state index is 0. The highest BCUT2D eigenvalue weighted by atomic mass is 35.5. The molecule has 0 aromatic heterocycles. The Labute approximate surface area is 120 Å². The number of benzene rings is 1. The maximum absolute atomic E-state index is 12.6. The summed E-state index contributed by atoms with van der Waals surface area (Å²) in [7, 11) is 0. The summed E-state index contributed by atoms with van der Waals surface area (Å²) in [6.07, 6.45) is -6.98. The van der Waals surface area contributed by atoms with Crippen molar-refractivity contribution in [1.82, 2.24) is 0 Å². The molecule has 0 bridgehead atoms. The Morgan fingerprint density at radius 3 is 2.15 bits per heavy atom. The average Bonchev–Trinajstić information content (AvgIpc) is 2.36. The highest BCUT2D eigenvalue weighted by Crippen LogP contribution is 2.28. The zero-order valence-corrected chi connectivity index (χ0v) is 11.4. The lowest BCUT2D eigenvalue weighted by Crippen LogP contribution is -2.33. The summed E-state index contributed by atoms with van der Waals surface area (Å²) in [5.41, 5.74) is 11.9. The van der Waals surface area contributed by atoms with Crippen LogP contribution in [0.15, 0.2) is 24.3 Å². The van der Waals surface area contributed by atoms with Crippen molar-refractivity contribution in [1.29, 1.82) is 0 Å². The van der Waals surface area contributed by atoms with Crippen LogP contribution in [-0.2, 0) is 0 Å². The topological polar surface area (TPSA) is 61.3 Å². The fourth-order valence-corrected chi connectivity index (χ4v) is 1.49. The van der Waals surface area contributed by atoms with Gasteiger partial charge >= 0.3 is 12.5 Å². The van der Waals surface area contributed by atoms with Crippen LogP contribution in [-0.4, -0.2) is 19.1 Å². The molecule has 0 aliphatic carbocycles. The molecule has 0 saturated heterocycles. The smallest absolute Gasteiger partial charge is 0.428 e. The molecule has 0 aliphatic heterocycles. The number of rotatable bonds is 7. The molecule has 1 aromatic rings. The molecule has 0 amide bonds. The van der Waals surface area contributed by atoms with Crippen molar-refractivity contribution in [3.05, 3.63) is 29.8 Å². The summed E-state index contributed by atoms with van der Waals surface area (Å²) in [6.45, 7) is 0.509. The van der Waals surface area contributed by atoms with E-state index in [-0.39, 0.29) is 24.2 Å². The Balaban J connectivity index is 0.00000361. The van der Waals surface area contributed by atoms with Crippen LogP contribution in [0.5, 0.6) is 5.75 Å². The van der Waals surface area contributed by atoms with Gasteiger partial charge in [-0.3, -0.25) is 0 Å². The van der Waals surface area contributed by atoms with E-state index in [2.05, 4.69) is 4.74 Å². The van der Waals surface area contributed by atoms with Gasteiger partial charge in [-0.05, 0) is 37.1 Å². The molecule has 0 unspecified atom stereocenters. The maximum atomic E-state index is 12.6. The van der Waals surface area contributed by atoms with E-state index in [4.69, 9.17) is 11.5 Å². The van der Waals surface area contributed by atoms with Gasteiger partial charge in [0.25, 0.3) is 0 Å². The number of alkyl halides is 4. The normalized spacial score (nSPS) is 12.9. The standard InChI is InChI=1S/C12H16F4N2O.ClH/c13-11(14)12(15,16)19-9-5-3-8(4-6-9)10(18)2-1-7-17;/h3-6,10-11H,1-2,7,17-18H2;1H/t10-;/m0./s1. The van der Waals surface area contributed by atoms with Crippen LogP contribution in [0, 0.1) is 0 Å². The number of hydrogen-bond donors (Lipinski definition) is 2. The van der Waals surface area contributed by atoms with Gasteiger partial charge in [0, 0.05) is 6.04 Å². The molecule has 0 aliphatic rings. The Morgan fingerprint density at radius 2 is 1.70 bits per heavy atom. The maximum Gasteiger partial charge on any atom is 0.461 e. The van der Waals surface area contributed by atoms with Crippen LogP contribution < -0.4 is 16.2 Å². The van der Waals surface area contributed by atoms with Crippen molar-refractivity contribution in [3.8, 4) is 5.75 Å². The van der Waals surface area contributed by atoms with E-state index in [1.807, 2.05) is 0 Å². The summed E-state index contributed by atoms with van der Waals surface area (Å²) in [5.74, 6) is -0.333. The third kappa shape index (κ3) is 5.52. The molecule has 0 radical (unpaired) electrons. The van der Waals surface area contributed by atoms with Crippen molar-refractivity contribution in [2.24, 2.45) is 11.5 Å². The minimum Gasteiger partial charge on any atom is -0.428 e. The molecular weight excluding hydrogens is 300 g/mol. The Bertz CT molecular complexity index is 390. The SMILES string of the molecule is Cl.NCCC[C@H](N)c1ccc(OC(F)(F)C(F)F)cc1. The van der Waals surface area contributed by atoms with Gasteiger partial charge in [0.15, 0.2) is 0 Å². The van der Waals surface area contributed by atoms with Crippen molar-refractivity contribution in [2.45, 2.75) is 31.4 Å². The summed E-state index contributed by atoms with van der Waals surface area (Å²) < 4.78 is 53.1. The number of nitrogens with two attached hydrogens (primary N) is 2. The van der Waals surface area contributed by atoms with E-state index in [0.717, 1.165) is 6.42 Å². The van der Waals surface area contributed by atoms with E-state index in [1.54, 1.807) is 0 Å². The fourth-order valence-electron chi connectivity index (χ4n) is 1.49. The van der Waals surface area contributed by atoms with Crippen LogP contribution in [0.4, 0.5) is 17.6 Å². The summed E-state index contributed by atoms with van der Waals surface area (Å²) >= 11 is 0. The monoisotopic (exact) mass is 316 g/mol. The fraction of sp³-hybridized carbons (Fsp3) is 0.500. The van der Waals surface area contributed by atoms with Gasteiger partial charge in [-0.2, -0.15) is 17.6 Å². The lowest BCUT2D eigenvalue weighted by molar-refractivity contribution is -0.253. The molecule has 4 N–H and O–H groups in total. The molecule has 1 aromatic carbocycles. The molecule has 3 nitrogen and oxygen atoms in total. The largest absolute Gasteiger partial charge is 0.461 e. The van der Waals surface area contributed by atoms with Crippen molar-refractivity contribution in [2.75, 3.05) is 6.54 Å². The van der Waals surface area contributed by atoms with E-state index < -0.39 is 12.5 Å². The molecule has 0 fully saturated rings. The van der Waals surface area contributed by atoms with Crippen molar-refractivity contribution >= 4 is 12.4 Å². The first-order valence-corrected chi connectivity index (χ1v) is 5.77. The molecule has 116 valence electrons. The zero-order valence-electron chi connectivity index (χ0n) is 10.6. The van der Waals surface area contributed by atoms with Gasteiger partial charge in [-0.1, -0.05) is 12.1 Å². The van der Waals surface area contributed by atoms with Gasteiger partial charge in [0.1, 0.15) is 5.75 Å². The molecule has 0 saturated carbocycles.